The number of allylic oxidation sites excluding steroid dienone is 2. The van der Waals surface area contributed by atoms with Crippen molar-refractivity contribution in [1.82, 2.24) is 0 Å². The third-order valence-corrected chi connectivity index (χ3v) is 1.50. The lowest BCUT2D eigenvalue weighted by atomic mass is 9.93. The van der Waals surface area contributed by atoms with Gasteiger partial charge in [0.25, 0.3) is 0 Å². The number of hydrogen-bond donors (Lipinski definition) is 0. The van der Waals surface area contributed by atoms with E-state index >= 15 is 0 Å². The highest BCUT2D eigenvalue weighted by molar-refractivity contribution is 5.59. The molecule has 0 aliphatic rings. The van der Waals surface area contributed by atoms with Crippen LogP contribution < -0.4 is 0 Å². The van der Waals surface area contributed by atoms with E-state index in [0.29, 0.717) is 5.41 Å². The van der Waals surface area contributed by atoms with Crippen LogP contribution in [0, 0.1) is 5.41 Å². The molecule has 0 aliphatic heterocycles. The van der Waals surface area contributed by atoms with Crippen LogP contribution in [0.25, 0.3) is 0 Å². The van der Waals surface area contributed by atoms with Crippen LogP contribution in [0.5, 0.6) is 0 Å². The molecule has 0 rings (SSSR count). The second kappa shape index (κ2) is 5.13. The van der Waals surface area contributed by atoms with E-state index in [1.54, 1.807) is 0 Å². The molecule has 70 valence electrons. The maximum atomic E-state index is 4.34. The first-order valence-corrected chi connectivity index (χ1v) is 4.65. The first kappa shape index (κ1) is 11.4. The van der Waals surface area contributed by atoms with Crippen LogP contribution in [0.4, 0.5) is 0 Å². The summed E-state index contributed by atoms with van der Waals surface area (Å²) in [7, 11) is 0. The van der Waals surface area contributed by atoms with E-state index < -0.39 is 0 Å². The summed E-state index contributed by atoms with van der Waals surface area (Å²) in [5.41, 5.74) is 1.48. The zero-order valence-corrected chi connectivity index (χ0v) is 9.02. The summed E-state index contributed by atoms with van der Waals surface area (Å²) < 4.78 is 0. The average molecular weight is 167 g/mol. The lowest BCUT2D eigenvalue weighted by Crippen LogP contribution is -2.04. The number of hydrogen-bond acceptors (Lipinski definition) is 1. The van der Waals surface area contributed by atoms with Crippen molar-refractivity contribution in [2.24, 2.45) is 10.4 Å². The van der Waals surface area contributed by atoms with Gasteiger partial charge in [-0.2, -0.15) is 0 Å². The monoisotopic (exact) mass is 167 g/mol. The smallest absolute Gasteiger partial charge is 0.0328 e. The first-order valence-electron chi connectivity index (χ1n) is 4.65. The van der Waals surface area contributed by atoms with Crippen molar-refractivity contribution in [3.05, 3.63) is 11.8 Å². The maximum Gasteiger partial charge on any atom is 0.0328 e. The average Bonchev–Trinajstić information content (AvgIpc) is 1.84. The topological polar surface area (TPSA) is 12.4 Å². The van der Waals surface area contributed by atoms with Crippen LogP contribution in [0.15, 0.2) is 16.8 Å². The Labute approximate surface area is 76.6 Å². The summed E-state index contributed by atoms with van der Waals surface area (Å²) in [5, 5.41) is 0. The molecule has 0 bridgehead atoms. The van der Waals surface area contributed by atoms with Crippen molar-refractivity contribution in [2.75, 3.05) is 0 Å². The Morgan fingerprint density at radius 3 is 2.33 bits per heavy atom. The molecule has 0 N–H and O–H groups in total. The van der Waals surface area contributed by atoms with Crippen molar-refractivity contribution >= 4 is 6.21 Å². The summed E-state index contributed by atoms with van der Waals surface area (Å²) in [6, 6.07) is 0. The summed E-state index contributed by atoms with van der Waals surface area (Å²) in [5.74, 6) is 0. The SMILES string of the molecule is CC/C=C(/C)N=CCC(C)(C)C. The van der Waals surface area contributed by atoms with Crippen molar-refractivity contribution in [3.63, 3.8) is 0 Å². The van der Waals surface area contributed by atoms with Gasteiger partial charge < -0.3 is 0 Å². The number of aliphatic imine (C=N–C) groups is 1. The third kappa shape index (κ3) is 7.52. The van der Waals surface area contributed by atoms with Gasteiger partial charge in [0.05, 0.1) is 0 Å². The van der Waals surface area contributed by atoms with Crippen molar-refractivity contribution in [1.29, 1.82) is 0 Å². The molecule has 1 nitrogen and oxygen atoms in total. The Balaban J connectivity index is 3.85. The highest BCUT2D eigenvalue weighted by Crippen LogP contribution is 2.16. The van der Waals surface area contributed by atoms with Gasteiger partial charge in [-0.1, -0.05) is 33.8 Å². The van der Waals surface area contributed by atoms with E-state index in [2.05, 4.69) is 38.8 Å². The highest BCUT2D eigenvalue weighted by Gasteiger charge is 2.06. The molecule has 1 heteroatoms. The molecule has 0 saturated heterocycles. The Bertz CT molecular complexity index is 170. The van der Waals surface area contributed by atoms with Gasteiger partial charge in [0, 0.05) is 11.9 Å². The third-order valence-electron chi connectivity index (χ3n) is 1.50. The van der Waals surface area contributed by atoms with E-state index in [-0.39, 0.29) is 0 Å². The molecule has 0 aliphatic carbocycles. The molecule has 0 aromatic heterocycles. The fraction of sp³-hybridized carbons (Fsp3) is 0.727. The molecule has 0 fully saturated rings. The summed E-state index contributed by atoms with van der Waals surface area (Å²) in [4.78, 5) is 4.34. The van der Waals surface area contributed by atoms with E-state index in [1.165, 1.54) is 0 Å². The van der Waals surface area contributed by atoms with Gasteiger partial charge in [-0.15, -0.1) is 0 Å². The minimum Gasteiger partial charge on any atom is -0.266 e. The molecule has 0 aromatic carbocycles. The predicted molar refractivity (Wildman–Crippen MR) is 56.6 cm³/mol. The lowest BCUT2D eigenvalue weighted by molar-refractivity contribution is 0.437. The van der Waals surface area contributed by atoms with E-state index in [0.717, 1.165) is 18.5 Å². The van der Waals surface area contributed by atoms with E-state index in [9.17, 15) is 0 Å². The molecule has 0 aromatic rings. The molecule has 0 amide bonds. The minimum absolute atomic E-state index is 0.357. The highest BCUT2D eigenvalue weighted by atomic mass is 14.7. The van der Waals surface area contributed by atoms with Gasteiger partial charge in [0.2, 0.25) is 0 Å². The van der Waals surface area contributed by atoms with Crippen molar-refractivity contribution < 1.29 is 0 Å². The molecular formula is C11H21N. The van der Waals surface area contributed by atoms with E-state index in [1.807, 2.05) is 13.1 Å². The zero-order valence-electron chi connectivity index (χ0n) is 9.02. The van der Waals surface area contributed by atoms with Gasteiger partial charge in [0.1, 0.15) is 0 Å². The second-order valence-electron chi connectivity index (χ2n) is 4.33. The van der Waals surface area contributed by atoms with Crippen LogP contribution in [0.3, 0.4) is 0 Å². The Morgan fingerprint density at radius 1 is 1.33 bits per heavy atom. The van der Waals surface area contributed by atoms with E-state index in [4.69, 9.17) is 0 Å². The van der Waals surface area contributed by atoms with Crippen LogP contribution in [0.2, 0.25) is 0 Å². The predicted octanol–water partition coefficient (Wildman–Crippen LogP) is 3.81. The molecular weight excluding hydrogens is 146 g/mol. The summed E-state index contributed by atoms with van der Waals surface area (Å²) >= 11 is 0. The summed E-state index contributed by atoms with van der Waals surface area (Å²) in [6.07, 6.45) is 6.27. The van der Waals surface area contributed by atoms with Gasteiger partial charge in [-0.05, 0) is 25.2 Å². The Kier molecular flexibility index (Phi) is 4.87. The van der Waals surface area contributed by atoms with Crippen molar-refractivity contribution in [2.45, 2.75) is 47.5 Å². The Hall–Kier alpha value is -0.590. The normalized spacial score (nSPS) is 14.2. The van der Waals surface area contributed by atoms with Crippen LogP contribution in [-0.2, 0) is 0 Å². The number of rotatable bonds is 3. The fourth-order valence-corrected chi connectivity index (χ4v) is 0.812. The Morgan fingerprint density at radius 2 is 1.92 bits per heavy atom. The van der Waals surface area contributed by atoms with Gasteiger partial charge in [0.15, 0.2) is 0 Å². The second-order valence-corrected chi connectivity index (χ2v) is 4.33. The summed E-state index contributed by atoms with van der Waals surface area (Å²) in [6.45, 7) is 10.8. The van der Waals surface area contributed by atoms with Gasteiger partial charge in [-0.3, -0.25) is 4.99 Å². The molecule has 0 spiro atoms. The fourth-order valence-electron chi connectivity index (χ4n) is 0.812. The maximum absolute atomic E-state index is 4.34. The molecule has 0 saturated carbocycles. The standard InChI is InChI=1S/C11H21N/c1-6-7-10(2)12-9-8-11(3,4)5/h7,9H,6,8H2,1-5H3/b10-7-,12-9?. The first-order chi connectivity index (χ1) is 5.45. The molecule has 0 unspecified atom stereocenters. The van der Waals surface area contributed by atoms with Crippen LogP contribution >= 0.6 is 0 Å². The van der Waals surface area contributed by atoms with Crippen LogP contribution in [0.1, 0.15) is 47.5 Å². The van der Waals surface area contributed by atoms with Crippen molar-refractivity contribution in [3.8, 4) is 0 Å². The number of nitrogens with zero attached hydrogens (tertiary/aromatic N) is 1. The zero-order chi connectivity index (χ0) is 9.61. The lowest BCUT2D eigenvalue weighted by Gasteiger charge is -2.13. The molecule has 0 radical (unpaired) electrons. The van der Waals surface area contributed by atoms with Gasteiger partial charge in [-0.25, -0.2) is 0 Å². The minimum atomic E-state index is 0.357. The van der Waals surface area contributed by atoms with Crippen LogP contribution in [-0.4, -0.2) is 6.21 Å². The molecule has 12 heavy (non-hydrogen) atoms. The molecule has 0 heterocycles. The quantitative estimate of drug-likeness (QED) is 0.567. The largest absolute Gasteiger partial charge is 0.266 e. The van der Waals surface area contributed by atoms with Gasteiger partial charge >= 0.3 is 0 Å². The molecule has 0 atom stereocenters.